The number of nitrogens with two attached hydrogens (primary N) is 2. The van der Waals surface area contributed by atoms with Crippen LogP contribution in [0, 0.1) is 0 Å². The summed E-state index contributed by atoms with van der Waals surface area (Å²) >= 11 is 0. The van der Waals surface area contributed by atoms with E-state index in [4.69, 9.17) is 16.2 Å². The maximum atomic E-state index is 12.8. The standard InChI is InChI=1S/C21H26N6O3S/c1-30-17-9-5-15(6-10-17)26-31(28,29)18-11-7-16(8-12-18)27-20(23)24-19(22)25-21(27)13-3-2-4-14-21/h5-12,26H,2-4,13-14H2,1H3,(H4,22,23,24,25). The summed E-state index contributed by atoms with van der Waals surface area (Å²) in [6.45, 7) is 0. The molecule has 2 aromatic rings. The van der Waals surface area contributed by atoms with Crippen molar-refractivity contribution < 1.29 is 13.2 Å². The highest BCUT2D eigenvalue weighted by atomic mass is 32.2. The zero-order valence-electron chi connectivity index (χ0n) is 17.3. The Kier molecular flexibility index (Phi) is 5.48. The van der Waals surface area contributed by atoms with Gasteiger partial charge < -0.3 is 16.2 Å². The van der Waals surface area contributed by atoms with Gasteiger partial charge in [0, 0.05) is 11.4 Å². The SMILES string of the molecule is COc1ccc(NS(=O)(=O)c2ccc(N3C(N)=NC(N)=NC34CCCCC4)cc2)cc1. The zero-order chi connectivity index (χ0) is 22.1. The summed E-state index contributed by atoms with van der Waals surface area (Å²) in [4.78, 5) is 10.8. The number of hydrogen-bond acceptors (Lipinski definition) is 8. The van der Waals surface area contributed by atoms with E-state index in [0.717, 1.165) is 37.8 Å². The molecule has 1 fully saturated rings. The van der Waals surface area contributed by atoms with Crippen molar-refractivity contribution in [3.8, 4) is 5.75 Å². The minimum atomic E-state index is -3.75. The molecule has 4 rings (SSSR count). The van der Waals surface area contributed by atoms with Gasteiger partial charge in [-0.1, -0.05) is 6.42 Å². The van der Waals surface area contributed by atoms with Gasteiger partial charge in [0.05, 0.1) is 12.0 Å². The van der Waals surface area contributed by atoms with Crippen molar-refractivity contribution in [2.75, 3.05) is 16.7 Å². The van der Waals surface area contributed by atoms with E-state index in [1.54, 1.807) is 55.6 Å². The first-order valence-corrected chi connectivity index (χ1v) is 11.6. The number of hydrogen-bond donors (Lipinski definition) is 3. The second-order valence-corrected chi connectivity index (χ2v) is 9.33. The molecule has 1 spiro atoms. The molecule has 1 saturated carbocycles. The van der Waals surface area contributed by atoms with Gasteiger partial charge in [0.1, 0.15) is 11.4 Å². The van der Waals surface area contributed by atoms with Gasteiger partial charge in [-0.15, -0.1) is 0 Å². The lowest BCUT2D eigenvalue weighted by Crippen LogP contribution is -2.58. The third-order valence-electron chi connectivity index (χ3n) is 5.60. The third-order valence-corrected chi connectivity index (χ3v) is 7.00. The lowest BCUT2D eigenvalue weighted by Gasteiger charge is -2.45. The highest BCUT2D eigenvalue weighted by Crippen LogP contribution is 2.39. The number of aliphatic imine (C=N–C) groups is 2. The summed E-state index contributed by atoms with van der Waals surface area (Å²) in [7, 11) is -2.20. The fourth-order valence-corrected chi connectivity index (χ4v) is 5.20. The quantitative estimate of drug-likeness (QED) is 0.651. The molecule has 5 N–H and O–H groups in total. The number of sulfonamides is 1. The Morgan fingerprint density at radius 1 is 1.00 bits per heavy atom. The van der Waals surface area contributed by atoms with Crippen LogP contribution in [0.3, 0.4) is 0 Å². The summed E-state index contributed by atoms with van der Waals surface area (Å²) in [5, 5.41) is 0. The lowest BCUT2D eigenvalue weighted by atomic mass is 9.87. The topological polar surface area (TPSA) is 135 Å². The first-order chi connectivity index (χ1) is 14.8. The summed E-state index contributed by atoms with van der Waals surface area (Å²) < 4.78 is 33.3. The van der Waals surface area contributed by atoms with Crippen LogP contribution in [0.2, 0.25) is 0 Å². The molecule has 0 saturated heterocycles. The summed E-state index contributed by atoms with van der Waals surface area (Å²) in [6, 6.07) is 13.2. The van der Waals surface area contributed by atoms with E-state index in [0.29, 0.717) is 11.4 Å². The Bertz CT molecular complexity index is 1100. The molecule has 1 aliphatic carbocycles. The number of benzene rings is 2. The van der Waals surface area contributed by atoms with Gasteiger partial charge in [-0.3, -0.25) is 9.62 Å². The molecule has 2 aromatic carbocycles. The Morgan fingerprint density at radius 2 is 1.65 bits per heavy atom. The number of methoxy groups -OCH3 is 1. The first kappa shape index (κ1) is 21.0. The van der Waals surface area contributed by atoms with Gasteiger partial charge in [0.15, 0.2) is 0 Å². The molecular weight excluding hydrogens is 416 g/mol. The van der Waals surface area contributed by atoms with Gasteiger partial charge >= 0.3 is 0 Å². The molecule has 0 radical (unpaired) electrons. The third kappa shape index (κ3) is 4.15. The second-order valence-electron chi connectivity index (χ2n) is 7.65. The van der Waals surface area contributed by atoms with Crippen LogP contribution in [0.15, 0.2) is 63.4 Å². The highest BCUT2D eigenvalue weighted by Gasteiger charge is 2.42. The van der Waals surface area contributed by atoms with Crippen LogP contribution in [0.1, 0.15) is 32.1 Å². The van der Waals surface area contributed by atoms with Crippen LogP contribution in [0.25, 0.3) is 0 Å². The molecule has 10 heteroatoms. The number of nitrogens with one attached hydrogen (secondary N) is 1. The van der Waals surface area contributed by atoms with E-state index in [-0.39, 0.29) is 16.8 Å². The minimum Gasteiger partial charge on any atom is -0.497 e. The van der Waals surface area contributed by atoms with E-state index < -0.39 is 15.7 Å². The maximum Gasteiger partial charge on any atom is 0.261 e. The van der Waals surface area contributed by atoms with Crippen LogP contribution < -0.4 is 25.8 Å². The van der Waals surface area contributed by atoms with Crippen molar-refractivity contribution >= 4 is 33.3 Å². The molecule has 1 aliphatic heterocycles. The van der Waals surface area contributed by atoms with Crippen LogP contribution >= 0.6 is 0 Å². The van der Waals surface area contributed by atoms with Crippen LogP contribution in [-0.4, -0.2) is 33.1 Å². The smallest absolute Gasteiger partial charge is 0.261 e. The number of rotatable bonds is 5. The van der Waals surface area contributed by atoms with Crippen molar-refractivity contribution in [2.24, 2.45) is 21.5 Å². The molecule has 164 valence electrons. The molecule has 9 nitrogen and oxygen atoms in total. The molecule has 0 aromatic heterocycles. The zero-order valence-corrected chi connectivity index (χ0v) is 18.1. The van der Waals surface area contributed by atoms with Gasteiger partial charge in [-0.2, -0.15) is 4.99 Å². The molecule has 0 amide bonds. The summed E-state index contributed by atoms with van der Waals surface area (Å²) in [5.74, 6) is 1.09. The number of ether oxygens (including phenoxy) is 1. The largest absolute Gasteiger partial charge is 0.497 e. The van der Waals surface area contributed by atoms with E-state index in [1.165, 1.54) is 0 Å². The van der Waals surface area contributed by atoms with Gasteiger partial charge in [-0.05, 0) is 74.2 Å². The fraction of sp³-hybridized carbons (Fsp3) is 0.333. The second kappa shape index (κ2) is 8.10. The van der Waals surface area contributed by atoms with Crippen LogP contribution in [-0.2, 0) is 10.0 Å². The minimum absolute atomic E-state index is 0.139. The molecule has 0 unspecified atom stereocenters. The molecule has 31 heavy (non-hydrogen) atoms. The van der Waals surface area contributed by atoms with Crippen LogP contribution in [0.4, 0.5) is 11.4 Å². The summed E-state index contributed by atoms with van der Waals surface area (Å²) in [5.41, 5.74) is 12.7. The monoisotopic (exact) mass is 442 g/mol. The van der Waals surface area contributed by atoms with Crippen molar-refractivity contribution in [1.82, 2.24) is 0 Å². The molecule has 0 atom stereocenters. The van der Waals surface area contributed by atoms with E-state index in [2.05, 4.69) is 14.7 Å². The number of nitrogens with zero attached hydrogens (tertiary/aromatic N) is 3. The number of anilines is 2. The van der Waals surface area contributed by atoms with Gasteiger partial charge in [0.25, 0.3) is 10.0 Å². The Morgan fingerprint density at radius 3 is 2.26 bits per heavy atom. The maximum absolute atomic E-state index is 12.8. The Balaban J connectivity index is 1.60. The Hall–Kier alpha value is -3.27. The van der Waals surface area contributed by atoms with Crippen molar-refractivity contribution in [3.05, 3.63) is 48.5 Å². The molecule has 0 bridgehead atoms. The van der Waals surface area contributed by atoms with Crippen LogP contribution in [0.5, 0.6) is 5.75 Å². The molecule has 1 heterocycles. The first-order valence-electron chi connectivity index (χ1n) is 10.1. The molecular formula is C21H26N6O3S. The lowest BCUT2D eigenvalue weighted by molar-refractivity contribution is 0.305. The predicted octanol–water partition coefficient (Wildman–Crippen LogP) is 2.61. The highest BCUT2D eigenvalue weighted by molar-refractivity contribution is 7.92. The van der Waals surface area contributed by atoms with E-state index in [9.17, 15) is 8.42 Å². The number of guanidine groups is 2. The van der Waals surface area contributed by atoms with Gasteiger partial charge in [-0.25, -0.2) is 13.4 Å². The Labute approximate surface area is 181 Å². The van der Waals surface area contributed by atoms with Crippen molar-refractivity contribution in [3.63, 3.8) is 0 Å². The van der Waals surface area contributed by atoms with Crippen molar-refractivity contribution in [2.45, 2.75) is 42.7 Å². The predicted molar refractivity (Wildman–Crippen MR) is 122 cm³/mol. The average molecular weight is 443 g/mol. The normalized spacial score (nSPS) is 18.3. The van der Waals surface area contributed by atoms with E-state index >= 15 is 0 Å². The van der Waals surface area contributed by atoms with Gasteiger partial charge in [0.2, 0.25) is 11.9 Å². The average Bonchev–Trinajstić information content (AvgIpc) is 2.74. The summed E-state index contributed by atoms with van der Waals surface area (Å²) in [6.07, 6.45) is 4.78. The van der Waals surface area contributed by atoms with E-state index in [1.807, 2.05) is 4.90 Å². The fourth-order valence-electron chi connectivity index (χ4n) is 4.14. The molecule has 2 aliphatic rings. The van der Waals surface area contributed by atoms with Crippen molar-refractivity contribution in [1.29, 1.82) is 0 Å².